The van der Waals surface area contributed by atoms with Crippen molar-refractivity contribution < 1.29 is 9.16 Å². The number of hydrogen-bond acceptors (Lipinski definition) is 2. The topological polar surface area (TPSA) is 18.5 Å². The lowest BCUT2D eigenvalue weighted by atomic mass is 10.9. The molecule has 0 aromatic carbocycles. The molecule has 8 heavy (non-hydrogen) atoms. The molecule has 0 bridgehead atoms. The van der Waals surface area contributed by atoms with Gasteiger partial charge in [0.1, 0.15) is 0 Å². The molecule has 0 aromatic rings. The summed E-state index contributed by atoms with van der Waals surface area (Å²) < 4.78 is 10.2. The van der Waals surface area contributed by atoms with Crippen molar-refractivity contribution >= 4 is 9.04 Å². The lowest BCUT2D eigenvalue weighted by Crippen LogP contribution is -2.19. The molecule has 0 amide bonds. The molecule has 1 atom stereocenters. The molecule has 1 unspecified atom stereocenters. The van der Waals surface area contributed by atoms with Crippen molar-refractivity contribution in [1.29, 1.82) is 0 Å². The molecule has 0 spiro atoms. The van der Waals surface area contributed by atoms with E-state index in [1.54, 1.807) is 7.11 Å². The first-order valence-electron chi connectivity index (χ1n) is 2.91. The lowest BCUT2D eigenvalue weighted by molar-refractivity contribution is 0.222. The van der Waals surface area contributed by atoms with Gasteiger partial charge in [0.05, 0.1) is 6.23 Å². The molecule has 0 aliphatic carbocycles. The van der Waals surface area contributed by atoms with Crippen LogP contribution in [0.5, 0.6) is 0 Å². The van der Waals surface area contributed by atoms with Crippen LogP contribution in [-0.4, -0.2) is 29.0 Å². The van der Waals surface area contributed by atoms with E-state index < -0.39 is 9.04 Å². The third-order valence-electron chi connectivity index (χ3n) is 0.853. The highest BCUT2D eigenvalue weighted by Gasteiger charge is 1.99. The molecule has 0 aliphatic rings. The van der Waals surface area contributed by atoms with Crippen LogP contribution in [0.15, 0.2) is 0 Å². The van der Waals surface area contributed by atoms with Gasteiger partial charge in [-0.25, -0.2) is 0 Å². The first-order chi connectivity index (χ1) is 3.81. The molecule has 0 heterocycles. The monoisotopic (exact) mass is 134 g/mol. The second-order valence-corrected chi connectivity index (χ2v) is 4.01. The molecule has 0 fully saturated rings. The van der Waals surface area contributed by atoms with Gasteiger partial charge >= 0.3 is 0 Å². The van der Waals surface area contributed by atoms with Crippen LogP contribution in [0, 0.1) is 0 Å². The third-order valence-corrected chi connectivity index (χ3v) is 2.56. The number of rotatable bonds is 4. The molecule has 3 heteroatoms. The third kappa shape index (κ3) is 4.30. The molecular weight excluding hydrogens is 120 g/mol. The average Bonchev–Trinajstić information content (AvgIpc) is 1.68. The molecule has 0 saturated heterocycles. The maximum Gasteiger partial charge on any atom is 0.199 e. The molecule has 50 valence electrons. The molecule has 0 rings (SSSR count). The molecule has 0 radical (unpaired) electrons. The van der Waals surface area contributed by atoms with Gasteiger partial charge in [-0.05, 0) is 13.5 Å². The van der Waals surface area contributed by atoms with Crippen LogP contribution in [0.3, 0.4) is 0 Å². The van der Waals surface area contributed by atoms with Crippen molar-refractivity contribution in [2.75, 3.05) is 19.9 Å². The van der Waals surface area contributed by atoms with Crippen LogP contribution in [0.2, 0.25) is 6.55 Å². The second kappa shape index (κ2) is 5.28. The Morgan fingerprint density at radius 1 is 1.50 bits per heavy atom. The summed E-state index contributed by atoms with van der Waals surface area (Å²) in [6.45, 7) is 4.98. The Labute approximate surface area is 52.5 Å². The van der Waals surface area contributed by atoms with E-state index in [4.69, 9.17) is 9.16 Å². The molecule has 0 saturated carbocycles. The van der Waals surface area contributed by atoms with E-state index in [9.17, 15) is 0 Å². The van der Waals surface area contributed by atoms with E-state index in [0.29, 0.717) is 0 Å². The van der Waals surface area contributed by atoms with Crippen molar-refractivity contribution in [2.45, 2.75) is 13.5 Å². The molecular formula is C5H14O2Si. The molecule has 2 nitrogen and oxygen atoms in total. The number of hydrogen-bond donors (Lipinski definition) is 0. The predicted molar refractivity (Wildman–Crippen MR) is 36.5 cm³/mol. The number of methoxy groups -OCH3 is 1. The maximum absolute atomic E-state index is 5.30. The first-order valence-corrected chi connectivity index (χ1v) is 5.36. The predicted octanol–water partition coefficient (Wildman–Crippen LogP) is 0.562. The highest BCUT2D eigenvalue weighted by atomic mass is 28.3. The Hall–Kier alpha value is 0.137. The SMILES string of the molecule is CCO[SiH](C)COC. The Bertz CT molecular complexity index is 43.7. The van der Waals surface area contributed by atoms with Crippen molar-refractivity contribution in [2.24, 2.45) is 0 Å². The quantitative estimate of drug-likeness (QED) is 0.523. The standard InChI is InChI=1S/C5H14O2Si/c1-4-7-8(3)5-6-2/h8H,4-5H2,1-3H3. The summed E-state index contributed by atoms with van der Waals surface area (Å²) in [6, 6.07) is 0. The Morgan fingerprint density at radius 2 is 2.12 bits per heavy atom. The summed E-state index contributed by atoms with van der Waals surface area (Å²) in [7, 11) is 0.786. The van der Waals surface area contributed by atoms with Gasteiger partial charge in [0.25, 0.3) is 0 Å². The van der Waals surface area contributed by atoms with E-state index >= 15 is 0 Å². The van der Waals surface area contributed by atoms with Crippen molar-refractivity contribution in [1.82, 2.24) is 0 Å². The molecule has 0 aliphatic heterocycles. The second-order valence-electron chi connectivity index (χ2n) is 1.72. The minimum Gasteiger partial charge on any atom is -0.418 e. The number of ether oxygens (including phenoxy) is 1. The summed E-state index contributed by atoms with van der Waals surface area (Å²) in [6.07, 6.45) is 0.827. The average molecular weight is 134 g/mol. The van der Waals surface area contributed by atoms with Gasteiger partial charge < -0.3 is 9.16 Å². The fourth-order valence-corrected chi connectivity index (χ4v) is 1.70. The van der Waals surface area contributed by atoms with Crippen molar-refractivity contribution in [3.63, 3.8) is 0 Å². The largest absolute Gasteiger partial charge is 0.418 e. The van der Waals surface area contributed by atoms with Crippen molar-refractivity contribution in [3.05, 3.63) is 0 Å². The summed E-state index contributed by atoms with van der Waals surface area (Å²) in [5, 5.41) is 0. The van der Waals surface area contributed by atoms with Crippen LogP contribution in [-0.2, 0) is 9.16 Å². The van der Waals surface area contributed by atoms with Crippen molar-refractivity contribution in [3.8, 4) is 0 Å². The minimum atomic E-state index is -0.924. The van der Waals surface area contributed by atoms with Gasteiger partial charge in [-0.2, -0.15) is 0 Å². The van der Waals surface area contributed by atoms with Gasteiger partial charge in [0.2, 0.25) is 0 Å². The zero-order valence-corrected chi connectivity index (χ0v) is 6.96. The van der Waals surface area contributed by atoms with Crippen LogP contribution in [0.1, 0.15) is 6.92 Å². The molecule has 0 aromatic heterocycles. The van der Waals surface area contributed by atoms with E-state index in [1.165, 1.54) is 0 Å². The lowest BCUT2D eigenvalue weighted by Gasteiger charge is -2.06. The summed E-state index contributed by atoms with van der Waals surface area (Å²) in [5.41, 5.74) is 0. The zero-order chi connectivity index (χ0) is 6.41. The van der Waals surface area contributed by atoms with Crippen LogP contribution < -0.4 is 0 Å². The van der Waals surface area contributed by atoms with Gasteiger partial charge in [-0.15, -0.1) is 0 Å². The fourth-order valence-electron chi connectivity index (χ4n) is 0.567. The van der Waals surface area contributed by atoms with Crippen LogP contribution in [0.25, 0.3) is 0 Å². The normalized spacial score (nSPS) is 13.9. The molecule has 0 N–H and O–H groups in total. The van der Waals surface area contributed by atoms with Gasteiger partial charge in [-0.1, -0.05) is 0 Å². The highest BCUT2D eigenvalue weighted by molar-refractivity contribution is 6.49. The zero-order valence-electron chi connectivity index (χ0n) is 5.81. The summed E-state index contributed by atoms with van der Waals surface area (Å²) >= 11 is 0. The highest BCUT2D eigenvalue weighted by Crippen LogP contribution is 1.83. The van der Waals surface area contributed by atoms with Crippen LogP contribution in [0.4, 0.5) is 0 Å². The first kappa shape index (κ1) is 8.14. The smallest absolute Gasteiger partial charge is 0.199 e. The summed E-state index contributed by atoms with van der Waals surface area (Å²) in [4.78, 5) is 0. The van der Waals surface area contributed by atoms with E-state index in [2.05, 4.69) is 6.55 Å². The maximum atomic E-state index is 5.30. The Kier molecular flexibility index (Phi) is 5.37. The van der Waals surface area contributed by atoms with Gasteiger partial charge in [0.15, 0.2) is 9.04 Å². The van der Waals surface area contributed by atoms with Gasteiger partial charge in [-0.3, -0.25) is 0 Å². The minimum absolute atomic E-state index is 0.827. The van der Waals surface area contributed by atoms with E-state index in [0.717, 1.165) is 12.8 Å². The Balaban J connectivity index is 2.92. The van der Waals surface area contributed by atoms with Gasteiger partial charge in [0, 0.05) is 13.7 Å². The fraction of sp³-hybridized carbons (Fsp3) is 1.00. The van der Waals surface area contributed by atoms with Crippen LogP contribution >= 0.6 is 0 Å². The van der Waals surface area contributed by atoms with E-state index in [1.807, 2.05) is 6.92 Å². The van der Waals surface area contributed by atoms with E-state index in [-0.39, 0.29) is 0 Å². The Morgan fingerprint density at radius 3 is 2.50 bits per heavy atom. The summed E-state index contributed by atoms with van der Waals surface area (Å²) in [5.74, 6) is 0.